The fourth-order valence-corrected chi connectivity index (χ4v) is 1.86. The molecule has 0 aliphatic carbocycles. The zero-order chi connectivity index (χ0) is 14.0. The van der Waals surface area contributed by atoms with Crippen molar-refractivity contribution in [2.75, 3.05) is 24.3 Å². The average molecular weight is 266 g/mol. The van der Waals surface area contributed by atoms with Crippen molar-refractivity contribution in [2.24, 2.45) is 7.05 Å². The molecule has 0 atom stereocenters. The summed E-state index contributed by atoms with van der Waals surface area (Å²) in [6.07, 6.45) is 1.68. The van der Waals surface area contributed by atoms with Crippen molar-refractivity contribution < 1.29 is 8.78 Å². The van der Waals surface area contributed by atoms with Gasteiger partial charge in [0.05, 0.1) is 18.4 Å². The molecule has 2 rings (SSSR count). The lowest BCUT2D eigenvalue weighted by Gasteiger charge is -2.13. The summed E-state index contributed by atoms with van der Waals surface area (Å²) >= 11 is 0. The summed E-state index contributed by atoms with van der Waals surface area (Å²) in [6.45, 7) is 0.301. The third kappa shape index (κ3) is 2.67. The molecule has 1 aromatic carbocycles. The van der Waals surface area contributed by atoms with E-state index >= 15 is 0 Å². The van der Waals surface area contributed by atoms with Crippen LogP contribution < -0.4 is 10.2 Å². The van der Waals surface area contributed by atoms with Gasteiger partial charge in [-0.25, -0.2) is 13.8 Å². The minimum Gasteiger partial charge on any atom is -0.375 e. The highest BCUT2D eigenvalue weighted by molar-refractivity contribution is 5.46. The number of imidazole rings is 1. The predicted octanol–water partition coefficient (Wildman–Crippen LogP) is 2.38. The van der Waals surface area contributed by atoms with Gasteiger partial charge in [0.25, 0.3) is 0 Å². The van der Waals surface area contributed by atoms with Gasteiger partial charge >= 0.3 is 0 Å². The van der Waals surface area contributed by atoms with Crippen LogP contribution in [0.25, 0.3) is 0 Å². The molecule has 1 aromatic heterocycles. The lowest BCUT2D eigenvalue weighted by molar-refractivity contribution is 0.587. The number of hydrogen-bond acceptors (Lipinski definition) is 3. The van der Waals surface area contributed by atoms with Gasteiger partial charge in [-0.2, -0.15) is 0 Å². The molecule has 6 heteroatoms. The fraction of sp³-hybridized carbons (Fsp3) is 0.308. The molecule has 0 bridgehead atoms. The van der Waals surface area contributed by atoms with Crippen LogP contribution in [-0.4, -0.2) is 23.6 Å². The molecule has 2 aromatic rings. The van der Waals surface area contributed by atoms with Crippen LogP contribution >= 0.6 is 0 Å². The van der Waals surface area contributed by atoms with E-state index in [-0.39, 0.29) is 5.69 Å². The molecule has 0 aliphatic rings. The van der Waals surface area contributed by atoms with Gasteiger partial charge in [0.1, 0.15) is 17.3 Å². The van der Waals surface area contributed by atoms with E-state index in [0.717, 1.165) is 11.6 Å². The Morgan fingerprint density at radius 1 is 1.26 bits per heavy atom. The van der Waals surface area contributed by atoms with Crippen molar-refractivity contribution in [3.8, 4) is 0 Å². The van der Waals surface area contributed by atoms with Gasteiger partial charge in [-0.1, -0.05) is 6.07 Å². The van der Waals surface area contributed by atoms with Crippen LogP contribution in [0.1, 0.15) is 5.69 Å². The van der Waals surface area contributed by atoms with E-state index in [0.29, 0.717) is 6.54 Å². The highest BCUT2D eigenvalue weighted by atomic mass is 19.1. The van der Waals surface area contributed by atoms with Crippen LogP contribution in [0.2, 0.25) is 0 Å². The second kappa shape index (κ2) is 5.26. The van der Waals surface area contributed by atoms with E-state index in [1.54, 1.807) is 6.20 Å². The Balaban J connectivity index is 2.15. The van der Waals surface area contributed by atoms with Crippen molar-refractivity contribution in [1.29, 1.82) is 0 Å². The first-order chi connectivity index (χ1) is 9.00. The van der Waals surface area contributed by atoms with Crippen LogP contribution in [0.4, 0.5) is 20.4 Å². The highest BCUT2D eigenvalue weighted by Crippen LogP contribution is 2.19. The summed E-state index contributed by atoms with van der Waals surface area (Å²) in [7, 11) is 5.63. The largest absolute Gasteiger partial charge is 0.375 e. The second-order valence-electron chi connectivity index (χ2n) is 4.45. The summed E-state index contributed by atoms with van der Waals surface area (Å²) in [5.74, 6) is -0.421. The molecule has 4 nitrogen and oxygen atoms in total. The molecule has 0 fully saturated rings. The standard InChI is InChI=1S/C13H16F2N4/c1-18(2)13-17-8-9(19(13)3)7-16-12-10(14)5-4-6-11(12)15/h4-6,8,16H,7H2,1-3H3. The van der Waals surface area contributed by atoms with Crippen molar-refractivity contribution in [2.45, 2.75) is 6.54 Å². The third-order valence-corrected chi connectivity index (χ3v) is 2.87. The maximum atomic E-state index is 13.5. The van der Waals surface area contributed by atoms with Gasteiger partial charge in [-0.15, -0.1) is 0 Å². The van der Waals surface area contributed by atoms with E-state index in [2.05, 4.69) is 10.3 Å². The number of halogens is 2. The average Bonchev–Trinajstić information content (AvgIpc) is 2.70. The smallest absolute Gasteiger partial charge is 0.204 e. The molecule has 0 radical (unpaired) electrons. The fourth-order valence-electron chi connectivity index (χ4n) is 1.86. The normalized spacial score (nSPS) is 10.6. The number of anilines is 2. The lowest BCUT2D eigenvalue weighted by atomic mass is 10.3. The summed E-state index contributed by atoms with van der Waals surface area (Å²) in [5, 5.41) is 2.76. The molecule has 0 spiro atoms. The Morgan fingerprint density at radius 3 is 2.42 bits per heavy atom. The molecule has 0 saturated heterocycles. The van der Waals surface area contributed by atoms with Gasteiger partial charge in [0.15, 0.2) is 0 Å². The number of nitrogens with one attached hydrogen (secondary N) is 1. The van der Waals surface area contributed by atoms with Gasteiger partial charge in [-0.05, 0) is 12.1 Å². The summed E-state index contributed by atoms with van der Waals surface area (Å²) in [4.78, 5) is 6.10. The molecule has 0 amide bonds. The zero-order valence-electron chi connectivity index (χ0n) is 11.1. The van der Waals surface area contributed by atoms with E-state index in [1.165, 1.54) is 18.2 Å². The maximum absolute atomic E-state index is 13.5. The SMILES string of the molecule is CN(C)c1ncc(CNc2c(F)cccc2F)n1C. The van der Waals surface area contributed by atoms with E-state index in [9.17, 15) is 8.78 Å². The first-order valence-electron chi connectivity index (χ1n) is 5.86. The van der Waals surface area contributed by atoms with Gasteiger partial charge in [0, 0.05) is 21.1 Å². The van der Waals surface area contributed by atoms with Crippen LogP contribution in [0, 0.1) is 11.6 Å². The first kappa shape index (κ1) is 13.3. The van der Waals surface area contributed by atoms with Crippen molar-refractivity contribution in [1.82, 2.24) is 9.55 Å². The number of aromatic nitrogens is 2. The molecule has 0 unspecified atom stereocenters. The van der Waals surface area contributed by atoms with Crippen LogP contribution in [-0.2, 0) is 13.6 Å². The van der Waals surface area contributed by atoms with Crippen LogP contribution in [0.5, 0.6) is 0 Å². The first-order valence-corrected chi connectivity index (χ1v) is 5.86. The molecule has 0 aliphatic heterocycles. The number of para-hydroxylation sites is 1. The van der Waals surface area contributed by atoms with Gasteiger partial charge in [-0.3, -0.25) is 0 Å². The van der Waals surface area contributed by atoms with Crippen molar-refractivity contribution in [3.05, 3.63) is 41.7 Å². The number of rotatable bonds is 4. The Labute approximate surface area is 110 Å². The molecular weight excluding hydrogens is 250 g/mol. The van der Waals surface area contributed by atoms with Crippen molar-refractivity contribution in [3.63, 3.8) is 0 Å². The third-order valence-electron chi connectivity index (χ3n) is 2.87. The molecule has 19 heavy (non-hydrogen) atoms. The monoisotopic (exact) mass is 266 g/mol. The quantitative estimate of drug-likeness (QED) is 0.922. The molecule has 102 valence electrons. The minimum absolute atomic E-state index is 0.116. The minimum atomic E-state index is -0.602. The second-order valence-corrected chi connectivity index (χ2v) is 4.45. The molecule has 1 N–H and O–H groups in total. The van der Waals surface area contributed by atoms with Crippen molar-refractivity contribution >= 4 is 11.6 Å². The molecular formula is C13H16F2N4. The lowest BCUT2D eigenvalue weighted by Crippen LogP contribution is -2.15. The summed E-state index contributed by atoms with van der Waals surface area (Å²) < 4.78 is 28.8. The Bertz CT molecular complexity index is 558. The predicted molar refractivity (Wildman–Crippen MR) is 71.2 cm³/mol. The molecule has 0 saturated carbocycles. The summed E-state index contributed by atoms with van der Waals surface area (Å²) in [5.41, 5.74) is 0.724. The summed E-state index contributed by atoms with van der Waals surface area (Å²) in [6, 6.07) is 3.78. The number of benzene rings is 1. The Kier molecular flexibility index (Phi) is 3.69. The van der Waals surface area contributed by atoms with E-state index in [4.69, 9.17) is 0 Å². The number of hydrogen-bond donors (Lipinski definition) is 1. The van der Waals surface area contributed by atoms with Crippen LogP contribution in [0.15, 0.2) is 24.4 Å². The maximum Gasteiger partial charge on any atom is 0.204 e. The van der Waals surface area contributed by atoms with Gasteiger partial charge in [0.2, 0.25) is 5.95 Å². The topological polar surface area (TPSA) is 33.1 Å². The zero-order valence-corrected chi connectivity index (χ0v) is 11.1. The van der Waals surface area contributed by atoms with E-state index in [1.807, 2.05) is 30.6 Å². The van der Waals surface area contributed by atoms with Crippen LogP contribution in [0.3, 0.4) is 0 Å². The Morgan fingerprint density at radius 2 is 1.89 bits per heavy atom. The molecule has 1 heterocycles. The Hall–Kier alpha value is -2.11. The van der Waals surface area contributed by atoms with Gasteiger partial charge < -0.3 is 14.8 Å². The number of nitrogens with zero attached hydrogens (tertiary/aromatic N) is 3. The highest BCUT2D eigenvalue weighted by Gasteiger charge is 2.11. The van der Waals surface area contributed by atoms with E-state index < -0.39 is 11.6 Å².